The van der Waals surface area contributed by atoms with Gasteiger partial charge >= 0.3 is 0 Å². The highest BCUT2D eigenvalue weighted by molar-refractivity contribution is 7.12. The van der Waals surface area contributed by atoms with Crippen LogP contribution in [0.3, 0.4) is 0 Å². The molecule has 5 nitrogen and oxygen atoms in total. The van der Waals surface area contributed by atoms with Gasteiger partial charge in [0.25, 0.3) is 0 Å². The molecular formula is C9H13N3O2S. The van der Waals surface area contributed by atoms with Crippen molar-refractivity contribution in [1.82, 2.24) is 0 Å². The second-order valence-corrected chi connectivity index (χ2v) is 4.52. The maximum absolute atomic E-state index is 9.73. The van der Waals surface area contributed by atoms with Gasteiger partial charge in [-0.1, -0.05) is 5.11 Å². The first-order chi connectivity index (χ1) is 7.15. The van der Waals surface area contributed by atoms with Gasteiger partial charge in [-0.25, -0.2) is 0 Å². The predicted molar refractivity (Wildman–Crippen MR) is 58.7 cm³/mol. The van der Waals surface area contributed by atoms with Crippen LogP contribution in [-0.4, -0.2) is 22.9 Å². The number of aryl methyl sites for hydroxylation is 1. The Morgan fingerprint density at radius 1 is 1.53 bits per heavy atom. The summed E-state index contributed by atoms with van der Waals surface area (Å²) < 4.78 is 0. The van der Waals surface area contributed by atoms with Crippen LogP contribution in [0.2, 0.25) is 0 Å². The van der Waals surface area contributed by atoms with Gasteiger partial charge in [-0.3, -0.25) is 0 Å². The molecule has 0 radical (unpaired) electrons. The summed E-state index contributed by atoms with van der Waals surface area (Å²) >= 11 is 1.45. The fraction of sp³-hybridized carbons (Fsp3) is 0.556. The van der Waals surface area contributed by atoms with Gasteiger partial charge in [0, 0.05) is 21.2 Å². The molecule has 82 valence electrons. The van der Waals surface area contributed by atoms with E-state index in [-0.39, 0.29) is 13.0 Å². The van der Waals surface area contributed by atoms with Crippen molar-refractivity contribution in [2.75, 3.05) is 6.54 Å². The lowest BCUT2D eigenvalue weighted by atomic mass is 10.1. The number of rotatable bonds is 5. The first-order valence-corrected chi connectivity index (χ1v) is 5.40. The third-order valence-corrected chi connectivity index (χ3v) is 3.08. The quantitative estimate of drug-likeness (QED) is 0.458. The molecule has 1 aromatic heterocycles. The zero-order valence-electron chi connectivity index (χ0n) is 8.37. The zero-order valence-corrected chi connectivity index (χ0v) is 9.18. The van der Waals surface area contributed by atoms with E-state index in [0.717, 1.165) is 9.75 Å². The van der Waals surface area contributed by atoms with Gasteiger partial charge in [0.05, 0.1) is 6.10 Å². The molecular weight excluding hydrogens is 214 g/mol. The molecule has 15 heavy (non-hydrogen) atoms. The molecule has 0 amide bonds. The van der Waals surface area contributed by atoms with Crippen LogP contribution in [0.1, 0.15) is 22.3 Å². The van der Waals surface area contributed by atoms with E-state index in [0.29, 0.717) is 0 Å². The molecule has 0 fully saturated rings. The summed E-state index contributed by atoms with van der Waals surface area (Å²) in [6.07, 6.45) is -1.51. The molecule has 0 aliphatic heterocycles. The smallest absolute Gasteiger partial charge is 0.114 e. The molecule has 1 rings (SSSR count). The van der Waals surface area contributed by atoms with E-state index in [1.54, 1.807) is 6.07 Å². The van der Waals surface area contributed by atoms with E-state index < -0.39 is 12.2 Å². The Labute approximate surface area is 91.6 Å². The van der Waals surface area contributed by atoms with Crippen molar-refractivity contribution >= 4 is 11.3 Å². The second kappa shape index (κ2) is 5.72. The Morgan fingerprint density at radius 3 is 2.80 bits per heavy atom. The standard InChI is InChI=1S/C9H13N3O2S/c1-6-2-3-8(15-6)9(14)7(13)4-5-11-12-10/h2-3,7,9,13-14H,4-5H2,1H3. The second-order valence-electron chi connectivity index (χ2n) is 3.20. The molecule has 0 spiro atoms. The van der Waals surface area contributed by atoms with E-state index in [4.69, 9.17) is 5.53 Å². The molecule has 0 bridgehead atoms. The topological polar surface area (TPSA) is 89.2 Å². The number of hydrogen-bond donors (Lipinski definition) is 2. The molecule has 1 aromatic rings. The number of azide groups is 1. The van der Waals surface area contributed by atoms with Crippen LogP contribution >= 0.6 is 11.3 Å². The highest BCUT2D eigenvalue weighted by atomic mass is 32.1. The molecule has 2 atom stereocenters. The van der Waals surface area contributed by atoms with Gasteiger partial charge in [-0.05, 0) is 31.0 Å². The molecule has 0 aromatic carbocycles. The van der Waals surface area contributed by atoms with Gasteiger partial charge < -0.3 is 10.2 Å². The molecule has 1 heterocycles. The Bertz CT molecular complexity index is 360. The van der Waals surface area contributed by atoms with Crippen LogP contribution in [-0.2, 0) is 0 Å². The van der Waals surface area contributed by atoms with Gasteiger partial charge in [0.1, 0.15) is 6.10 Å². The normalized spacial score (nSPS) is 14.3. The Morgan fingerprint density at radius 2 is 2.27 bits per heavy atom. The van der Waals surface area contributed by atoms with Crippen LogP contribution in [0.15, 0.2) is 17.2 Å². The highest BCUT2D eigenvalue weighted by Crippen LogP contribution is 2.26. The van der Waals surface area contributed by atoms with Crippen LogP contribution < -0.4 is 0 Å². The van der Waals surface area contributed by atoms with Crippen molar-refractivity contribution in [3.63, 3.8) is 0 Å². The summed E-state index contributed by atoms with van der Waals surface area (Å²) in [5.41, 5.74) is 8.05. The lowest BCUT2D eigenvalue weighted by molar-refractivity contribution is 0.0172. The summed E-state index contributed by atoms with van der Waals surface area (Å²) in [7, 11) is 0. The van der Waals surface area contributed by atoms with Crippen LogP contribution in [0.5, 0.6) is 0 Å². The summed E-state index contributed by atoms with van der Waals surface area (Å²) in [6, 6.07) is 3.69. The summed E-state index contributed by atoms with van der Waals surface area (Å²) in [5, 5.41) is 22.6. The molecule has 0 saturated carbocycles. The van der Waals surface area contributed by atoms with Crippen molar-refractivity contribution < 1.29 is 10.2 Å². The van der Waals surface area contributed by atoms with E-state index in [9.17, 15) is 10.2 Å². The maximum Gasteiger partial charge on any atom is 0.114 e. The fourth-order valence-electron chi connectivity index (χ4n) is 1.19. The summed E-state index contributed by atoms with van der Waals surface area (Å²) in [5.74, 6) is 0. The minimum atomic E-state index is -0.891. The van der Waals surface area contributed by atoms with E-state index in [2.05, 4.69) is 10.0 Å². The predicted octanol–water partition coefficient (Wildman–Crippen LogP) is 2.15. The van der Waals surface area contributed by atoms with E-state index in [1.807, 2.05) is 13.0 Å². The summed E-state index contributed by atoms with van der Waals surface area (Å²) in [4.78, 5) is 4.40. The molecule has 0 aliphatic carbocycles. The fourth-order valence-corrected chi connectivity index (χ4v) is 2.12. The number of aliphatic hydroxyl groups is 2. The van der Waals surface area contributed by atoms with Gasteiger partial charge in [-0.2, -0.15) is 0 Å². The monoisotopic (exact) mass is 227 g/mol. The van der Waals surface area contributed by atoms with Crippen molar-refractivity contribution in [3.8, 4) is 0 Å². The lowest BCUT2D eigenvalue weighted by Crippen LogP contribution is -2.18. The third kappa shape index (κ3) is 3.53. The Kier molecular flexibility index (Phi) is 4.58. The number of nitrogens with zero attached hydrogens (tertiary/aromatic N) is 3. The molecule has 0 aliphatic rings. The van der Waals surface area contributed by atoms with E-state index in [1.165, 1.54) is 11.3 Å². The highest BCUT2D eigenvalue weighted by Gasteiger charge is 2.18. The summed E-state index contributed by atoms with van der Waals surface area (Å²) in [6.45, 7) is 2.13. The van der Waals surface area contributed by atoms with Crippen LogP contribution in [0, 0.1) is 6.92 Å². The first-order valence-electron chi connectivity index (χ1n) is 4.58. The van der Waals surface area contributed by atoms with E-state index >= 15 is 0 Å². The van der Waals surface area contributed by atoms with Gasteiger partial charge in [-0.15, -0.1) is 11.3 Å². The Balaban J connectivity index is 2.52. The first kappa shape index (κ1) is 12.0. The minimum absolute atomic E-state index is 0.194. The zero-order chi connectivity index (χ0) is 11.3. The molecule has 2 N–H and O–H groups in total. The van der Waals surface area contributed by atoms with Gasteiger partial charge in [0.2, 0.25) is 0 Å². The lowest BCUT2D eigenvalue weighted by Gasteiger charge is -2.15. The van der Waals surface area contributed by atoms with Crippen molar-refractivity contribution in [3.05, 3.63) is 32.3 Å². The Hall–Kier alpha value is -1.07. The van der Waals surface area contributed by atoms with Crippen molar-refractivity contribution in [2.45, 2.75) is 25.6 Å². The van der Waals surface area contributed by atoms with Crippen LogP contribution in [0.25, 0.3) is 10.4 Å². The van der Waals surface area contributed by atoms with Crippen LogP contribution in [0.4, 0.5) is 0 Å². The molecule has 2 unspecified atom stereocenters. The number of thiophene rings is 1. The molecule has 6 heteroatoms. The SMILES string of the molecule is Cc1ccc(C(O)C(O)CCN=[N+]=[N-])s1. The third-order valence-electron chi connectivity index (χ3n) is 2.01. The van der Waals surface area contributed by atoms with Crippen molar-refractivity contribution in [1.29, 1.82) is 0 Å². The van der Waals surface area contributed by atoms with Gasteiger partial charge in [0.15, 0.2) is 0 Å². The minimum Gasteiger partial charge on any atom is -0.390 e. The number of hydrogen-bond acceptors (Lipinski definition) is 4. The average Bonchev–Trinajstić information content (AvgIpc) is 2.64. The largest absolute Gasteiger partial charge is 0.390 e. The molecule has 0 saturated heterocycles. The maximum atomic E-state index is 9.73. The average molecular weight is 227 g/mol. The number of aliphatic hydroxyl groups excluding tert-OH is 2. The van der Waals surface area contributed by atoms with Crippen molar-refractivity contribution in [2.24, 2.45) is 5.11 Å².